The van der Waals surface area contributed by atoms with Crippen molar-refractivity contribution in [1.29, 1.82) is 0 Å². The van der Waals surface area contributed by atoms with Gasteiger partial charge in [0.1, 0.15) is 11.6 Å². The van der Waals surface area contributed by atoms with Gasteiger partial charge in [0.2, 0.25) is 0 Å². The van der Waals surface area contributed by atoms with E-state index < -0.39 is 0 Å². The number of carbonyl (C=O) groups is 1. The quantitative estimate of drug-likeness (QED) is 0.612. The predicted molar refractivity (Wildman–Crippen MR) is 127 cm³/mol. The first kappa shape index (κ1) is 22.7. The summed E-state index contributed by atoms with van der Waals surface area (Å²) in [5.74, 6) is -0.595. The SMILES string of the molecule is O=C(c1ccc(F)cc1)N1CCCCN2[C@H](CO)[C@H](c3ccc(-c4ccc(F)cc4)cc3)[C@@H]2C1. The Hall–Kier alpha value is -3.09. The molecule has 0 spiro atoms. The molecule has 5 rings (SSSR count). The van der Waals surface area contributed by atoms with Crippen molar-refractivity contribution in [2.45, 2.75) is 30.8 Å². The van der Waals surface area contributed by atoms with E-state index in [1.54, 1.807) is 12.1 Å². The summed E-state index contributed by atoms with van der Waals surface area (Å²) in [6.45, 7) is 2.20. The molecular weight excluding hydrogens is 434 g/mol. The van der Waals surface area contributed by atoms with Gasteiger partial charge in [0.15, 0.2) is 0 Å². The Morgan fingerprint density at radius 2 is 1.38 bits per heavy atom. The molecule has 4 nitrogen and oxygen atoms in total. The fourth-order valence-electron chi connectivity index (χ4n) is 5.44. The van der Waals surface area contributed by atoms with Gasteiger partial charge in [-0.3, -0.25) is 9.69 Å². The summed E-state index contributed by atoms with van der Waals surface area (Å²) >= 11 is 0. The van der Waals surface area contributed by atoms with E-state index in [0.29, 0.717) is 18.7 Å². The molecule has 6 heteroatoms. The number of hydrogen-bond acceptors (Lipinski definition) is 3. The highest BCUT2D eigenvalue weighted by atomic mass is 19.1. The topological polar surface area (TPSA) is 43.8 Å². The van der Waals surface area contributed by atoms with Gasteiger partial charge in [-0.25, -0.2) is 8.78 Å². The number of rotatable bonds is 4. The summed E-state index contributed by atoms with van der Waals surface area (Å²) in [5, 5.41) is 10.2. The van der Waals surface area contributed by atoms with Crippen LogP contribution in [0.1, 0.15) is 34.7 Å². The van der Waals surface area contributed by atoms with Crippen LogP contribution in [-0.2, 0) is 0 Å². The minimum Gasteiger partial charge on any atom is -0.395 e. The third-order valence-corrected chi connectivity index (χ3v) is 7.22. The minimum atomic E-state index is -0.357. The molecule has 2 saturated heterocycles. The molecule has 2 aliphatic heterocycles. The second-order valence-corrected chi connectivity index (χ2v) is 9.17. The third kappa shape index (κ3) is 4.36. The Morgan fingerprint density at radius 3 is 2.00 bits per heavy atom. The van der Waals surface area contributed by atoms with Gasteiger partial charge in [0.25, 0.3) is 5.91 Å². The van der Waals surface area contributed by atoms with Crippen LogP contribution in [0.4, 0.5) is 8.78 Å². The van der Waals surface area contributed by atoms with Crippen LogP contribution in [0.25, 0.3) is 11.1 Å². The van der Waals surface area contributed by atoms with Crippen LogP contribution in [0.2, 0.25) is 0 Å². The van der Waals surface area contributed by atoms with E-state index in [9.17, 15) is 18.7 Å². The highest BCUT2D eigenvalue weighted by Gasteiger charge is 2.49. The van der Waals surface area contributed by atoms with Crippen LogP contribution >= 0.6 is 0 Å². The van der Waals surface area contributed by atoms with Gasteiger partial charge < -0.3 is 10.0 Å². The van der Waals surface area contributed by atoms with Crippen molar-refractivity contribution in [3.05, 3.63) is 95.6 Å². The number of hydrogen-bond donors (Lipinski definition) is 1. The maximum atomic E-state index is 13.3. The lowest BCUT2D eigenvalue weighted by molar-refractivity contribution is -0.0606. The molecule has 0 aliphatic carbocycles. The summed E-state index contributed by atoms with van der Waals surface area (Å²) in [4.78, 5) is 17.4. The van der Waals surface area contributed by atoms with E-state index in [0.717, 1.165) is 36.1 Å². The fraction of sp³-hybridized carbons (Fsp3) is 0.321. The molecule has 0 saturated carbocycles. The van der Waals surface area contributed by atoms with Gasteiger partial charge in [-0.1, -0.05) is 36.4 Å². The Balaban J connectivity index is 1.38. The summed E-state index contributed by atoms with van der Waals surface area (Å²) in [6.07, 6.45) is 1.85. The van der Waals surface area contributed by atoms with Crippen molar-refractivity contribution in [1.82, 2.24) is 9.80 Å². The normalized spacial score (nSPS) is 22.9. The summed E-state index contributed by atoms with van der Waals surface area (Å²) in [5.41, 5.74) is 3.57. The Bertz CT molecular complexity index is 1130. The van der Waals surface area contributed by atoms with E-state index >= 15 is 0 Å². The molecule has 3 aromatic carbocycles. The number of carbonyl (C=O) groups excluding carboxylic acids is 1. The molecule has 1 N–H and O–H groups in total. The number of halogens is 2. The lowest BCUT2D eigenvalue weighted by Gasteiger charge is -2.57. The maximum Gasteiger partial charge on any atom is 0.253 e. The van der Waals surface area contributed by atoms with Crippen LogP contribution < -0.4 is 0 Å². The van der Waals surface area contributed by atoms with Gasteiger partial charge in [-0.05, 0) is 72.5 Å². The zero-order valence-corrected chi connectivity index (χ0v) is 18.9. The lowest BCUT2D eigenvalue weighted by atomic mass is 9.74. The zero-order chi connectivity index (χ0) is 23.7. The number of amides is 1. The van der Waals surface area contributed by atoms with Crippen molar-refractivity contribution in [2.75, 3.05) is 26.2 Å². The molecule has 3 aromatic rings. The predicted octanol–water partition coefficient (Wildman–Crippen LogP) is 4.70. The molecule has 2 aliphatic rings. The first-order chi connectivity index (χ1) is 16.5. The van der Waals surface area contributed by atoms with Crippen LogP contribution in [0, 0.1) is 11.6 Å². The summed E-state index contributed by atoms with van der Waals surface area (Å²) < 4.78 is 26.6. The van der Waals surface area contributed by atoms with E-state index in [-0.39, 0.29) is 42.2 Å². The van der Waals surface area contributed by atoms with Crippen molar-refractivity contribution in [3.8, 4) is 11.1 Å². The third-order valence-electron chi connectivity index (χ3n) is 7.22. The van der Waals surface area contributed by atoms with Gasteiger partial charge in [0.05, 0.1) is 6.61 Å². The molecule has 0 unspecified atom stereocenters. The smallest absolute Gasteiger partial charge is 0.253 e. The fourth-order valence-corrected chi connectivity index (χ4v) is 5.44. The van der Waals surface area contributed by atoms with Crippen LogP contribution in [0.3, 0.4) is 0 Å². The monoisotopic (exact) mass is 462 g/mol. The molecule has 2 heterocycles. The van der Waals surface area contributed by atoms with Crippen molar-refractivity contribution >= 4 is 5.91 Å². The second-order valence-electron chi connectivity index (χ2n) is 9.17. The number of nitrogens with zero attached hydrogens (tertiary/aromatic N) is 2. The summed E-state index contributed by atoms with van der Waals surface area (Å²) in [6, 6.07) is 20.5. The Morgan fingerprint density at radius 1 is 0.824 bits per heavy atom. The zero-order valence-electron chi connectivity index (χ0n) is 18.9. The van der Waals surface area contributed by atoms with Crippen LogP contribution in [0.15, 0.2) is 72.8 Å². The number of aliphatic hydroxyl groups is 1. The van der Waals surface area contributed by atoms with Gasteiger partial charge >= 0.3 is 0 Å². The lowest BCUT2D eigenvalue weighted by Crippen LogP contribution is -2.67. The number of benzene rings is 3. The van der Waals surface area contributed by atoms with Gasteiger partial charge in [-0.2, -0.15) is 0 Å². The molecule has 0 bridgehead atoms. The highest BCUT2D eigenvalue weighted by Crippen LogP contribution is 2.42. The van der Waals surface area contributed by atoms with E-state index in [2.05, 4.69) is 17.0 Å². The van der Waals surface area contributed by atoms with E-state index in [1.807, 2.05) is 17.0 Å². The summed E-state index contributed by atoms with van der Waals surface area (Å²) in [7, 11) is 0. The second kappa shape index (κ2) is 9.65. The molecule has 3 atom stereocenters. The molecule has 2 fully saturated rings. The minimum absolute atomic E-state index is 0.0162. The van der Waals surface area contributed by atoms with Crippen molar-refractivity contribution < 1.29 is 18.7 Å². The molecule has 176 valence electrons. The molecule has 0 radical (unpaired) electrons. The standard InChI is InChI=1S/C28H28F2N2O2/c29-23-11-7-20(8-12-23)19-3-5-21(6-4-19)27-25-17-31(15-1-2-16-32(25)26(27)18-33)28(34)22-9-13-24(30)14-10-22/h3-14,25-27,33H,1-2,15-18H2/t25-,26+,27+/m0/s1. The van der Waals surface area contributed by atoms with Crippen molar-refractivity contribution in [3.63, 3.8) is 0 Å². The maximum absolute atomic E-state index is 13.3. The number of aliphatic hydroxyl groups excluding tert-OH is 1. The van der Waals surface area contributed by atoms with Crippen LogP contribution in [0.5, 0.6) is 0 Å². The molecule has 0 aromatic heterocycles. The van der Waals surface area contributed by atoms with Crippen molar-refractivity contribution in [2.24, 2.45) is 0 Å². The molecule has 1 amide bonds. The Labute approximate surface area is 198 Å². The Kier molecular flexibility index (Phi) is 6.44. The number of fused-ring (bicyclic) bond motifs is 1. The van der Waals surface area contributed by atoms with Gasteiger partial charge in [0, 0.05) is 36.7 Å². The van der Waals surface area contributed by atoms with Crippen LogP contribution in [-0.4, -0.2) is 59.1 Å². The largest absolute Gasteiger partial charge is 0.395 e. The average molecular weight is 463 g/mol. The van der Waals surface area contributed by atoms with E-state index in [1.165, 1.54) is 36.4 Å². The van der Waals surface area contributed by atoms with E-state index in [4.69, 9.17) is 0 Å². The molecule has 34 heavy (non-hydrogen) atoms. The first-order valence-corrected chi connectivity index (χ1v) is 11.8. The first-order valence-electron chi connectivity index (χ1n) is 11.8. The molecular formula is C28H28F2N2O2. The highest BCUT2D eigenvalue weighted by molar-refractivity contribution is 5.94. The average Bonchev–Trinajstić information content (AvgIpc) is 2.84. The van der Waals surface area contributed by atoms with Gasteiger partial charge in [-0.15, -0.1) is 0 Å².